The topological polar surface area (TPSA) is 26.3 Å². The molecule has 0 N–H and O–H groups in total. The molecule has 4 heteroatoms. The van der Waals surface area contributed by atoms with E-state index < -0.39 is 5.82 Å². The summed E-state index contributed by atoms with van der Waals surface area (Å²) in [4.78, 5) is 11.7. The maximum Gasteiger partial charge on any atom is 0.165 e. The predicted octanol–water partition coefficient (Wildman–Crippen LogP) is 2.77. The third kappa shape index (κ3) is 2.60. The molecule has 1 saturated heterocycles. The summed E-state index contributed by atoms with van der Waals surface area (Å²) in [5.41, 5.74) is 0.641. The number of hydrogen-bond donors (Lipinski definition) is 0. The summed E-state index contributed by atoms with van der Waals surface area (Å²) >= 11 is 5.56. The quantitative estimate of drug-likeness (QED) is 0.815. The van der Waals surface area contributed by atoms with Crippen molar-refractivity contribution in [2.75, 3.05) is 6.61 Å². The van der Waals surface area contributed by atoms with Crippen molar-refractivity contribution in [3.8, 4) is 0 Å². The Morgan fingerprint density at radius 3 is 3.00 bits per heavy atom. The summed E-state index contributed by atoms with van der Waals surface area (Å²) in [7, 11) is 0. The molecule has 0 aliphatic carbocycles. The molecule has 1 aliphatic rings. The monoisotopic (exact) mass is 242 g/mol. The van der Waals surface area contributed by atoms with Gasteiger partial charge in [0.15, 0.2) is 5.78 Å². The van der Waals surface area contributed by atoms with Crippen LogP contribution in [0.1, 0.15) is 18.4 Å². The first-order chi connectivity index (χ1) is 7.66. The Bertz CT molecular complexity index is 400. The highest BCUT2D eigenvalue weighted by molar-refractivity contribution is 6.30. The zero-order valence-corrected chi connectivity index (χ0v) is 9.47. The van der Waals surface area contributed by atoms with Crippen LogP contribution in [0, 0.1) is 5.82 Å². The van der Waals surface area contributed by atoms with Crippen LogP contribution in [-0.4, -0.2) is 18.5 Å². The van der Waals surface area contributed by atoms with Crippen molar-refractivity contribution in [3.05, 3.63) is 34.6 Å². The van der Waals surface area contributed by atoms with E-state index >= 15 is 0 Å². The van der Waals surface area contributed by atoms with E-state index in [4.69, 9.17) is 16.3 Å². The number of ketones is 1. The lowest BCUT2D eigenvalue weighted by Gasteiger charge is -2.08. The van der Waals surface area contributed by atoms with Crippen molar-refractivity contribution >= 4 is 17.4 Å². The van der Waals surface area contributed by atoms with Crippen LogP contribution in [0.15, 0.2) is 18.2 Å². The van der Waals surface area contributed by atoms with Gasteiger partial charge in [0.05, 0.1) is 5.02 Å². The molecule has 0 spiro atoms. The summed E-state index contributed by atoms with van der Waals surface area (Å²) in [6.45, 7) is 0.644. The van der Waals surface area contributed by atoms with Crippen LogP contribution < -0.4 is 0 Å². The molecule has 1 heterocycles. The molecule has 86 valence electrons. The van der Waals surface area contributed by atoms with Crippen LogP contribution in [0.25, 0.3) is 0 Å². The second-order valence-corrected chi connectivity index (χ2v) is 4.30. The highest BCUT2D eigenvalue weighted by Crippen LogP contribution is 2.18. The first-order valence-corrected chi connectivity index (χ1v) is 5.63. The van der Waals surface area contributed by atoms with Gasteiger partial charge in [0.1, 0.15) is 11.9 Å². The lowest BCUT2D eigenvalue weighted by atomic mass is 10.0. The molecular formula is C12H12ClFO2. The van der Waals surface area contributed by atoms with Crippen molar-refractivity contribution in [2.24, 2.45) is 0 Å². The Morgan fingerprint density at radius 2 is 2.38 bits per heavy atom. The predicted molar refractivity (Wildman–Crippen MR) is 59.1 cm³/mol. The molecule has 1 aromatic rings. The molecule has 1 aliphatic heterocycles. The molecule has 0 aromatic heterocycles. The minimum atomic E-state index is -0.487. The molecule has 16 heavy (non-hydrogen) atoms. The molecule has 0 radical (unpaired) electrons. The van der Waals surface area contributed by atoms with Gasteiger partial charge in [-0.15, -0.1) is 0 Å². The summed E-state index contributed by atoms with van der Waals surface area (Å²) in [5.74, 6) is -0.474. The maximum absolute atomic E-state index is 13.1. The zero-order chi connectivity index (χ0) is 11.5. The fraction of sp³-hybridized carbons (Fsp3) is 0.417. The van der Waals surface area contributed by atoms with Crippen molar-refractivity contribution < 1.29 is 13.9 Å². The second kappa shape index (κ2) is 4.93. The number of Topliss-reactive ketones (excluding diaryl/α,β-unsaturated/α-hetero) is 1. The van der Waals surface area contributed by atoms with Gasteiger partial charge in [-0.1, -0.05) is 17.7 Å². The summed E-state index contributed by atoms with van der Waals surface area (Å²) < 4.78 is 18.4. The first kappa shape index (κ1) is 11.6. The van der Waals surface area contributed by atoms with Crippen LogP contribution in [0.2, 0.25) is 5.02 Å². The minimum absolute atomic E-state index is 0.0132. The van der Waals surface area contributed by atoms with Crippen molar-refractivity contribution in [1.82, 2.24) is 0 Å². The van der Waals surface area contributed by atoms with Gasteiger partial charge >= 0.3 is 0 Å². The fourth-order valence-electron chi connectivity index (χ4n) is 1.80. The summed E-state index contributed by atoms with van der Waals surface area (Å²) in [6, 6.07) is 4.43. The van der Waals surface area contributed by atoms with Gasteiger partial charge in [0.25, 0.3) is 0 Å². The van der Waals surface area contributed by atoms with Gasteiger partial charge in [-0.2, -0.15) is 0 Å². The number of benzene rings is 1. The lowest BCUT2D eigenvalue weighted by Crippen LogP contribution is -2.21. The molecule has 1 atom stereocenters. The fourth-order valence-corrected chi connectivity index (χ4v) is 1.91. The largest absolute Gasteiger partial charge is 0.370 e. The van der Waals surface area contributed by atoms with Gasteiger partial charge in [0, 0.05) is 13.0 Å². The van der Waals surface area contributed by atoms with Gasteiger partial charge in [-0.25, -0.2) is 4.39 Å². The molecule has 0 amide bonds. The average molecular weight is 243 g/mol. The first-order valence-electron chi connectivity index (χ1n) is 5.25. The van der Waals surface area contributed by atoms with Crippen LogP contribution in [0.3, 0.4) is 0 Å². The molecule has 0 saturated carbocycles. The van der Waals surface area contributed by atoms with Crippen LogP contribution in [0.4, 0.5) is 4.39 Å². The van der Waals surface area contributed by atoms with E-state index in [1.165, 1.54) is 12.1 Å². The third-order valence-corrected chi connectivity index (χ3v) is 2.96. The Labute approximate surface area is 98.4 Å². The van der Waals surface area contributed by atoms with E-state index in [-0.39, 0.29) is 23.3 Å². The normalized spacial score (nSPS) is 20.0. The molecule has 2 rings (SSSR count). The Morgan fingerprint density at radius 1 is 1.56 bits per heavy atom. The molecule has 1 fully saturated rings. The van der Waals surface area contributed by atoms with Crippen molar-refractivity contribution in [3.63, 3.8) is 0 Å². The molecule has 1 unspecified atom stereocenters. The standard InChI is InChI=1S/C12H12ClFO2/c13-9-4-3-8(6-10(9)14)7-11(15)12-2-1-5-16-12/h3-4,6,12H,1-2,5,7H2. The van der Waals surface area contributed by atoms with Crippen LogP contribution in [0.5, 0.6) is 0 Å². The lowest BCUT2D eigenvalue weighted by molar-refractivity contribution is -0.127. The van der Waals surface area contributed by atoms with Crippen molar-refractivity contribution in [2.45, 2.75) is 25.4 Å². The number of hydrogen-bond acceptors (Lipinski definition) is 2. The van der Waals surface area contributed by atoms with E-state index in [0.29, 0.717) is 12.2 Å². The Hall–Kier alpha value is -0.930. The number of halogens is 2. The van der Waals surface area contributed by atoms with E-state index in [1.54, 1.807) is 6.07 Å². The Balaban J connectivity index is 2.02. The smallest absolute Gasteiger partial charge is 0.165 e. The summed E-state index contributed by atoms with van der Waals surface area (Å²) in [6.07, 6.45) is 1.60. The van der Waals surface area contributed by atoms with Gasteiger partial charge in [0.2, 0.25) is 0 Å². The van der Waals surface area contributed by atoms with E-state index in [2.05, 4.69) is 0 Å². The number of rotatable bonds is 3. The minimum Gasteiger partial charge on any atom is -0.370 e. The average Bonchev–Trinajstić information content (AvgIpc) is 2.77. The number of carbonyl (C=O) groups excluding carboxylic acids is 1. The molecule has 2 nitrogen and oxygen atoms in total. The van der Waals surface area contributed by atoms with Gasteiger partial charge in [-0.05, 0) is 30.5 Å². The highest BCUT2D eigenvalue weighted by atomic mass is 35.5. The molecular weight excluding hydrogens is 231 g/mol. The van der Waals surface area contributed by atoms with E-state index in [0.717, 1.165) is 12.8 Å². The second-order valence-electron chi connectivity index (χ2n) is 3.89. The highest BCUT2D eigenvalue weighted by Gasteiger charge is 2.23. The van der Waals surface area contributed by atoms with Crippen LogP contribution >= 0.6 is 11.6 Å². The van der Waals surface area contributed by atoms with Crippen LogP contribution in [-0.2, 0) is 16.0 Å². The number of carbonyl (C=O) groups is 1. The van der Waals surface area contributed by atoms with Gasteiger partial charge < -0.3 is 4.74 Å². The molecule has 1 aromatic carbocycles. The van der Waals surface area contributed by atoms with Gasteiger partial charge in [-0.3, -0.25) is 4.79 Å². The SMILES string of the molecule is O=C(Cc1ccc(Cl)c(F)c1)C1CCCO1. The third-order valence-electron chi connectivity index (χ3n) is 2.65. The Kier molecular flexibility index (Phi) is 3.56. The zero-order valence-electron chi connectivity index (χ0n) is 8.71. The van der Waals surface area contributed by atoms with Crippen molar-refractivity contribution in [1.29, 1.82) is 0 Å². The maximum atomic E-state index is 13.1. The molecule has 0 bridgehead atoms. The summed E-state index contributed by atoms with van der Waals surface area (Å²) in [5, 5.41) is 0.0771. The number of ether oxygens (including phenoxy) is 1. The van der Waals surface area contributed by atoms with E-state index in [1.807, 2.05) is 0 Å². The van der Waals surface area contributed by atoms with E-state index in [9.17, 15) is 9.18 Å².